The molecule has 0 aliphatic heterocycles. The summed E-state index contributed by atoms with van der Waals surface area (Å²) in [6, 6.07) is 0. The second-order valence-corrected chi connectivity index (χ2v) is 0. The largest absolute Gasteiger partial charge is 2.00 e. The molecular weight excluding hydrogens is 280 g/mol. The first-order chi connectivity index (χ1) is 0. The van der Waals surface area contributed by atoms with E-state index in [2.05, 4.69) is 0 Å². The van der Waals surface area contributed by atoms with Crippen molar-refractivity contribution in [2.45, 2.75) is 0 Å². The van der Waals surface area contributed by atoms with Crippen LogP contribution in [0.5, 0.6) is 0 Å². The van der Waals surface area contributed by atoms with Gasteiger partial charge in [0.25, 0.3) is 0 Å². The third kappa shape index (κ3) is 29.8. The van der Waals surface area contributed by atoms with Crippen LogP contribution in [0.3, 0.4) is 0 Å². The standard InChI is InChI=1S/Cu.Mn.3S.Zn/q2*+2;3*-2;+2. The smallest absolute Gasteiger partial charge is 2.00 e. The molecule has 0 aliphatic carbocycles. The third-order valence-electron chi connectivity index (χ3n) is 0. The van der Waals surface area contributed by atoms with Crippen molar-refractivity contribution in [2.75, 3.05) is 0 Å². The van der Waals surface area contributed by atoms with Crippen LogP contribution in [0.25, 0.3) is 0 Å². The van der Waals surface area contributed by atoms with Crippen LogP contribution in [-0.4, -0.2) is 0 Å². The molecular formula is CuMnS3Zn. The Kier molecular flexibility index (Phi) is 555. The molecule has 0 aromatic rings. The van der Waals surface area contributed by atoms with Gasteiger partial charge in [-0.2, -0.15) is 0 Å². The van der Waals surface area contributed by atoms with Gasteiger partial charge in [0.1, 0.15) is 0 Å². The molecule has 6 heteroatoms. The van der Waals surface area contributed by atoms with Crippen molar-refractivity contribution in [1.29, 1.82) is 0 Å². The average Bonchev–Trinajstić information content (AvgIpc) is 0. The van der Waals surface area contributed by atoms with Gasteiger partial charge in [-0.3, -0.25) is 0 Å². The summed E-state index contributed by atoms with van der Waals surface area (Å²) in [6.45, 7) is 0. The number of hydrogen-bond donors (Lipinski definition) is 0. The predicted molar refractivity (Wildman–Crippen MR) is 22.1 cm³/mol. The van der Waals surface area contributed by atoms with E-state index >= 15 is 0 Å². The van der Waals surface area contributed by atoms with Crippen molar-refractivity contribution >= 4 is 40.5 Å². The van der Waals surface area contributed by atoms with Gasteiger partial charge >= 0.3 is 53.6 Å². The molecule has 0 N–H and O–H groups in total. The van der Waals surface area contributed by atoms with E-state index in [1.54, 1.807) is 0 Å². The van der Waals surface area contributed by atoms with Gasteiger partial charge in [0, 0.05) is 0 Å². The topological polar surface area (TPSA) is 0 Å². The Morgan fingerprint density at radius 3 is 0.667 bits per heavy atom. The first-order valence-corrected chi connectivity index (χ1v) is 0. The molecule has 0 atom stereocenters. The fourth-order valence-corrected chi connectivity index (χ4v) is 0. The fourth-order valence-electron chi connectivity index (χ4n) is 0. The van der Waals surface area contributed by atoms with Crippen molar-refractivity contribution in [3.05, 3.63) is 0 Å². The normalized spacial score (nSPS) is 0. The molecule has 0 heterocycles. The van der Waals surface area contributed by atoms with Gasteiger partial charge in [-0.1, -0.05) is 0 Å². The van der Waals surface area contributed by atoms with Gasteiger partial charge < -0.3 is 40.5 Å². The molecule has 0 saturated carbocycles. The first kappa shape index (κ1) is 70.4. The Morgan fingerprint density at radius 2 is 0.667 bits per heavy atom. The van der Waals surface area contributed by atoms with E-state index in [9.17, 15) is 0 Å². The van der Waals surface area contributed by atoms with Crippen LogP contribution < -0.4 is 0 Å². The minimum Gasteiger partial charge on any atom is -2.00 e. The SMILES string of the molecule is [Cu+2].[Mn+2].[S-2].[S-2].[S-2].[Zn+2]. The zero-order valence-electron chi connectivity index (χ0n) is 2.61. The molecule has 0 aromatic heterocycles. The Bertz CT molecular complexity index is 10.8. The molecule has 0 nitrogen and oxygen atoms in total. The molecule has 0 amide bonds. The maximum atomic E-state index is 0. The van der Waals surface area contributed by atoms with E-state index in [1.807, 2.05) is 0 Å². The van der Waals surface area contributed by atoms with E-state index in [4.69, 9.17) is 0 Å². The number of hydrogen-bond acceptors (Lipinski definition) is 0. The van der Waals surface area contributed by atoms with Gasteiger partial charge in [-0.05, 0) is 0 Å². The maximum Gasteiger partial charge on any atom is 2.00 e. The molecule has 0 aromatic carbocycles. The van der Waals surface area contributed by atoms with Gasteiger partial charge in [-0.25, -0.2) is 0 Å². The van der Waals surface area contributed by atoms with Crippen molar-refractivity contribution in [1.82, 2.24) is 0 Å². The molecule has 0 bridgehead atoms. The van der Waals surface area contributed by atoms with Crippen LogP contribution in [0.4, 0.5) is 0 Å². The summed E-state index contributed by atoms with van der Waals surface area (Å²) in [4.78, 5) is 0. The van der Waals surface area contributed by atoms with E-state index in [-0.39, 0.29) is 94.1 Å². The summed E-state index contributed by atoms with van der Waals surface area (Å²) in [6.07, 6.45) is 0. The average molecular weight is 280 g/mol. The second kappa shape index (κ2) is 47.2. The molecule has 6 heavy (non-hydrogen) atoms. The van der Waals surface area contributed by atoms with E-state index in [0.29, 0.717) is 0 Å². The first-order valence-electron chi connectivity index (χ1n) is 0. The minimum atomic E-state index is 0. The van der Waals surface area contributed by atoms with Gasteiger partial charge in [0.2, 0.25) is 0 Å². The Balaban J connectivity index is 0. The minimum absolute atomic E-state index is 0. The summed E-state index contributed by atoms with van der Waals surface area (Å²) in [5.74, 6) is 0. The van der Waals surface area contributed by atoms with Gasteiger partial charge in [0.05, 0.1) is 0 Å². The van der Waals surface area contributed by atoms with Gasteiger partial charge in [-0.15, -0.1) is 0 Å². The number of rotatable bonds is 0. The maximum absolute atomic E-state index is 0. The quantitative estimate of drug-likeness (QED) is 0.547. The van der Waals surface area contributed by atoms with Crippen LogP contribution in [0.1, 0.15) is 0 Å². The van der Waals surface area contributed by atoms with E-state index < -0.39 is 0 Å². The van der Waals surface area contributed by atoms with Gasteiger partial charge in [0.15, 0.2) is 0 Å². The Hall–Kier alpha value is 2.71. The van der Waals surface area contributed by atoms with Crippen molar-refractivity contribution in [3.8, 4) is 0 Å². The summed E-state index contributed by atoms with van der Waals surface area (Å²) >= 11 is 0. The Morgan fingerprint density at radius 1 is 0.667 bits per heavy atom. The Labute approximate surface area is 93.0 Å². The molecule has 0 aliphatic rings. The van der Waals surface area contributed by atoms with Crippen LogP contribution in [-0.2, 0) is 94.1 Å². The van der Waals surface area contributed by atoms with Crippen LogP contribution in [0.2, 0.25) is 0 Å². The zero-order chi connectivity index (χ0) is 0. The monoisotopic (exact) mass is 278 g/mol. The zero-order valence-corrected chi connectivity index (χ0v) is 10.2. The molecule has 0 fully saturated rings. The predicted octanol–water partition coefficient (Wildman–Crippen LogP) is -0.0147. The van der Waals surface area contributed by atoms with Crippen molar-refractivity contribution in [2.24, 2.45) is 0 Å². The van der Waals surface area contributed by atoms with Crippen LogP contribution in [0, 0.1) is 0 Å². The summed E-state index contributed by atoms with van der Waals surface area (Å²) in [7, 11) is 0. The van der Waals surface area contributed by atoms with E-state index in [0.717, 1.165) is 0 Å². The molecule has 2 radical (unpaired) electrons. The summed E-state index contributed by atoms with van der Waals surface area (Å²) in [5, 5.41) is 0. The second-order valence-electron chi connectivity index (χ2n) is 0. The fraction of sp³-hybridized carbons (Fsp3) is 0. The molecule has 0 spiro atoms. The van der Waals surface area contributed by atoms with Crippen molar-refractivity contribution in [3.63, 3.8) is 0 Å². The van der Waals surface area contributed by atoms with E-state index in [1.165, 1.54) is 0 Å². The molecule has 0 unspecified atom stereocenters. The van der Waals surface area contributed by atoms with Crippen LogP contribution >= 0.6 is 0 Å². The summed E-state index contributed by atoms with van der Waals surface area (Å²) in [5.41, 5.74) is 0. The molecule has 0 saturated heterocycles. The molecule has 0 rings (SSSR count). The molecule has 38 valence electrons. The summed E-state index contributed by atoms with van der Waals surface area (Å²) < 4.78 is 0. The van der Waals surface area contributed by atoms with Crippen molar-refractivity contribution < 1.29 is 53.6 Å². The third-order valence-corrected chi connectivity index (χ3v) is 0. The van der Waals surface area contributed by atoms with Crippen LogP contribution in [0.15, 0.2) is 0 Å².